The highest BCUT2D eigenvalue weighted by Gasteiger charge is 2.30. The maximum Gasteiger partial charge on any atom is 0.417 e. The van der Waals surface area contributed by atoms with Gasteiger partial charge >= 0.3 is 6.18 Å². The Morgan fingerprint density at radius 1 is 1.22 bits per heavy atom. The number of pyridine rings is 1. The number of hydrazone groups is 1. The second-order valence-corrected chi connectivity index (χ2v) is 7.59. The number of hydrogen-bond donors (Lipinski definition) is 1. The minimum absolute atomic E-state index is 0.0169. The molecule has 1 aromatic heterocycles. The highest BCUT2D eigenvalue weighted by atomic mass is 79.9. The number of hydrogen-bond acceptors (Lipinski definition) is 6. The summed E-state index contributed by atoms with van der Waals surface area (Å²) >= 11 is 9.64. The van der Waals surface area contributed by atoms with E-state index in [1.165, 1.54) is 18.3 Å². The molecule has 0 radical (unpaired) electrons. The molecule has 0 spiro atoms. The van der Waals surface area contributed by atoms with E-state index in [4.69, 9.17) is 16.3 Å². The first-order valence-electron chi connectivity index (χ1n) is 8.81. The molecule has 12 heteroatoms. The Morgan fingerprint density at radius 2 is 1.94 bits per heavy atom. The second kappa shape index (κ2) is 9.96. The zero-order chi connectivity index (χ0) is 23.3. The van der Waals surface area contributed by atoms with Gasteiger partial charge in [0.2, 0.25) is 0 Å². The van der Waals surface area contributed by atoms with Gasteiger partial charge in [0.05, 0.1) is 26.2 Å². The van der Waals surface area contributed by atoms with E-state index in [9.17, 15) is 23.3 Å². The number of alkyl halides is 3. The van der Waals surface area contributed by atoms with Crippen molar-refractivity contribution in [1.82, 2.24) is 4.98 Å². The average molecular weight is 530 g/mol. The molecule has 3 aromatic rings. The smallest absolute Gasteiger partial charge is 0.417 e. The summed E-state index contributed by atoms with van der Waals surface area (Å²) in [5.74, 6) is 0.516. The highest BCUT2D eigenvalue weighted by Crippen LogP contribution is 2.35. The third-order valence-electron chi connectivity index (χ3n) is 4.03. The van der Waals surface area contributed by atoms with Gasteiger partial charge in [-0.2, -0.15) is 18.3 Å². The van der Waals surface area contributed by atoms with Crippen molar-refractivity contribution in [2.24, 2.45) is 5.10 Å². The maximum atomic E-state index is 12.6. The summed E-state index contributed by atoms with van der Waals surface area (Å²) in [4.78, 5) is 13.9. The number of anilines is 1. The Balaban J connectivity index is 1.62. The van der Waals surface area contributed by atoms with Crippen LogP contribution in [0.3, 0.4) is 0 Å². The molecule has 0 aliphatic carbocycles. The van der Waals surface area contributed by atoms with E-state index in [0.717, 1.165) is 17.7 Å². The number of ether oxygens (including phenoxy) is 1. The summed E-state index contributed by atoms with van der Waals surface area (Å²) in [7, 11) is 0. The largest absolute Gasteiger partial charge is 0.486 e. The molecular formula is C20H13BrClF3N4O3. The molecule has 1 N–H and O–H groups in total. The van der Waals surface area contributed by atoms with Gasteiger partial charge in [0.15, 0.2) is 5.75 Å². The van der Waals surface area contributed by atoms with Gasteiger partial charge in [-0.3, -0.25) is 15.5 Å². The maximum absolute atomic E-state index is 12.6. The average Bonchev–Trinajstić information content (AvgIpc) is 2.73. The van der Waals surface area contributed by atoms with Crippen molar-refractivity contribution < 1.29 is 22.8 Å². The van der Waals surface area contributed by atoms with Crippen LogP contribution in [0.1, 0.15) is 16.7 Å². The molecule has 32 heavy (non-hydrogen) atoms. The van der Waals surface area contributed by atoms with E-state index in [1.807, 2.05) is 0 Å². The lowest BCUT2D eigenvalue weighted by atomic mass is 10.2. The van der Waals surface area contributed by atoms with Gasteiger partial charge in [0, 0.05) is 18.3 Å². The molecular weight excluding hydrogens is 517 g/mol. The molecule has 0 fully saturated rings. The number of nitro benzene ring substituents is 1. The molecule has 0 amide bonds. The lowest BCUT2D eigenvalue weighted by molar-refractivity contribution is -0.384. The Bertz CT molecular complexity index is 1120. The van der Waals surface area contributed by atoms with Gasteiger partial charge in [0.1, 0.15) is 12.4 Å². The number of non-ortho nitro benzene ring substituents is 1. The molecule has 166 valence electrons. The minimum Gasteiger partial charge on any atom is -0.486 e. The van der Waals surface area contributed by atoms with E-state index in [-0.39, 0.29) is 23.1 Å². The van der Waals surface area contributed by atoms with Crippen LogP contribution in [0.15, 0.2) is 64.3 Å². The normalized spacial score (nSPS) is 11.5. The second-order valence-electron chi connectivity index (χ2n) is 6.33. The molecule has 1 heterocycles. The van der Waals surface area contributed by atoms with Crippen LogP contribution in [0.4, 0.5) is 24.7 Å². The first kappa shape index (κ1) is 23.5. The fourth-order valence-corrected chi connectivity index (χ4v) is 3.45. The number of halogens is 5. The van der Waals surface area contributed by atoms with Crippen molar-refractivity contribution in [3.63, 3.8) is 0 Å². The third-order valence-corrected chi connectivity index (χ3v) is 4.90. The van der Waals surface area contributed by atoms with Gasteiger partial charge in [-0.05, 0) is 63.5 Å². The van der Waals surface area contributed by atoms with Crippen molar-refractivity contribution in [2.45, 2.75) is 12.8 Å². The van der Waals surface area contributed by atoms with E-state index in [0.29, 0.717) is 22.0 Å². The lowest BCUT2D eigenvalue weighted by Crippen LogP contribution is -2.05. The van der Waals surface area contributed by atoms with Gasteiger partial charge < -0.3 is 4.74 Å². The predicted molar refractivity (Wildman–Crippen MR) is 117 cm³/mol. The van der Waals surface area contributed by atoms with Crippen LogP contribution >= 0.6 is 27.5 Å². The number of nitrogens with one attached hydrogen (secondary N) is 1. The van der Waals surface area contributed by atoms with E-state index in [2.05, 4.69) is 31.4 Å². The minimum atomic E-state index is -4.46. The van der Waals surface area contributed by atoms with Crippen molar-refractivity contribution in [1.29, 1.82) is 0 Å². The van der Waals surface area contributed by atoms with Crippen molar-refractivity contribution in [3.05, 3.63) is 91.0 Å². The topological polar surface area (TPSA) is 89.7 Å². The molecule has 2 aromatic carbocycles. The lowest BCUT2D eigenvalue weighted by Gasteiger charge is -2.11. The summed E-state index contributed by atoms with van der Waals surface area (Å²) in [5, 5.41) is 14.9. The number of nitro groups is 1. The number of nitrogens with zero attached hydrogens (tertiary/aromatic N) is 3. The molecule has 3 rings (SSSR count). The Morgan fingerprint density at radius 3 is 2.50 bits per heavy atom. The van der Waals surface area contributed by atoms with Crippen molar-refractivity contribution in [2.75, 3.05) is 5.43 Å². The van der Waals surface area contributed by atoms with Crippen molar-refractivity contribution in [3.8, 4) is 5.75 Å². The highest BCUT2D eigenvalue weighted by molar-refractivity contribution is 9.10. The summed E-state index contributed by atoms with van der Waals surface area (Å²) in [6.45, 7) is 0.144. The molecule has 0 saturated heterocycles. The fourth-order valence-electron chi connectivity index (χ4n) is 2.46. The van der Waals surface area contributed by atoms with Crippen LogP contribution in [-0.4, -0.2) is 16.1 Å². The Kier molecular flexibility index (Phi) is 7.31. The first-order valence-corrected chi connectivity index (χ1v) is 9.98. The molecule has 7 nitrogen and oxygen atoms in total. The molecule has 0 aliphatic heterocycles. The third kappa shape index (κ3) is 6.17. The number of rotatable bonds is 7. The Labute approximate surface area is 193 Å². The van der Waals surface area contributed by atoms with E-state index >= 15 is 0 Å². The van der Waals surface area contributed by atoms with Gasteiger partial charge in [-0.25, -0.2) is 4.98 Å². The quantitative estimate of drug-likeness (QED) is 0.216. The standard InChI is InChI=1S/C20H13BrClF3N4O3/c21-16-7-13(9-27-28-18-6-3-14(10-26-18)20(23,24)25)8-17(22)19(16)32-11-12-1-4-15(5-2-12)29(30)31/h1-10H,11H2,(H,26,28)/b27-9-. The Hall–Kier alpha value is -3.18. The summed E-state index contributed by atoms with van der Waals surface area (Å²) in [5.41, 5.74) is 2.97. The molecule has 0 atom stereocenters. The molecule has 0 aliphatic rings. The zero-order valence-electron chi connectivity index (χ0n) is 15.9. The van der Waals surface area contributed by atoms with E-state index < -0.39 is 16.7 Å². The fraction of sp³-hybridized carbons (Fsp3) is 0.100. The van der Waals surface area contributed by atoms with E-state index in [1.54, 1.807) is 24.3 Å². The van der Waals surface area contributed by atoms with Crippen molar-refractivity contribution >= 4 is 45.3 Å². The first-order chi connectivity index (χ1) is 15.1. The van der Waals surface area contributed by atoms with Gasteiger partial charge in [-0.15, -0.1) is 0 Å². The van der Waals surface area contributed by atoms with Crippen LogP contribution in [0.25, 0.3) is 0 Å². The zero-order valence-corrected chi connectivity index (χ0v) is 18.3. The monoisotopic (exact) mass is 528 g/mol. The van der Waals surface area contributed by atoms with Gasteiger partial charge in [-0.1, -0.05) is 11.6 Å². The van der Waals surface area contributed by atoms with Gasteiger partial charge in [0.25, 0.3) is 5.69 Å². The molecule has 0 saturated carbocycles. The molecule has 0 bridgehead atoms. The predicted octanol–water partition coefficient (Wildman–Crippen LogP) is 6.45. The van der Waals surface area contributed by atoms with Crippen LogP contribution in [0, 0.1) is 10.1 Å². The van der Waals surface area contributed by atoms with Crippen LogP contribution < -0.4 is 10.2 Å². The summed E-state index contributed by atoms with van der Waals surface area (Å²) in [6, 6.07) is 11.3. The molecule has 0 unspecified atom stereocenters. The van der Waals surface area contributed by atoms with Crippen LogP contribution in [0.5, 0.6) is 5.75 Å². The SMILES string of the molecule is O=[N+]([O-])c1ccc(COc2c(Cl)cc(/C=N\Nc3ccc(C(F)(F)F)cn3)cc2Br)cc1. The van der Waals surface area contributed by atoms with Crippen LogP contribution in [0.2, 0.25) is 5.02 Å². The summed E-state index contributed by atoms with van der Waals surface area (Å²) < 4.78 is 43.9. The summed E-state index contributed by atoms with van der Waals surface area (Å²) in [6.07, 6.45) is -2.33. The van der Waals surface area contributed by atoms with Crippen LogP contribution in [-0.2, 0) is 12.8 Å². The number of aromatic nitrogens is 1. The number of benzene rings is 2.